The Morgan fingerprint density at radius 1 is 1.25 bits per heavy atom. The standard InChI is InChI=1S/C15H27NO4/c1-11(2)10-12(8-7-9-13(17)19-6)16-14(18)20-15(3,4)5/h7,9,11-12H,8,10H2,1-6H3,(H,16,18)/b9-7+/t12-/m0/s1. The molecule has 0 bridgehead atoms. The van der Waals surface area contributed by atoms with E-state index < -0.39 is 17.7 Å². The number of carbonyl (C=O) groups is 2. The fourth-order valence-electron chi connectivity index (χ4n) is 1.65. The summed E-state index contributed by atoms with van der Waals surface area (Å²) in [4.78, 5) is 22.8. The summed E-state index contributed by atoms with van der Waals surface area (Å²) in [6, 6.07) is -0.0641. The normalized spacial score (nSPS) is 13.3. The van der Waals surface area contributed by atoms with Gasteiger partial charge in [-0.1, -0.05) is 19.9 Å². The van der Waals surface area contributed by atoms with Crippen LogP contribution in [-0.2, 0) is 14.3 Å². The van der Waals surface area contributed by atoms with Gasteiger partial charge in [-0.15, -0.1) is 0 Å². The average molecular weight is 285 g/mol. The Balaban J connectivity index is 4.45. The van der Waals surface area contributed by atoms with E-state index in [1.165, 1.54) is 13.2 Å². The highest BCUT2D eigenvalue weighted by atomic mass is 16.6. The summed E-state index contributed by atoms with van der Waals surface area (Å²) in [5.41, 5.74) is -0.520. The molecule has 0 rings (SSSR count). The predicted octanol–water partition coefficient (Wildman–Crippen LogP) is 3.05. The molecule has 0 saturated carbocycles. The molecule has 0 radical (unpaired) electrons. The van der Waals surface area contributed by atoms with Gasteiger partial charge in [0.2, 0.25) is 0 Å². The predicted molar refractivity (Wildman–Crippen MR) is 78.4 cm³/mol. The third-order valence-corrected chi connectivity index (χ3v) is 2.35. The molecule has 0 aromatic carbocycles. The van der Waals surface area contributed by atoms with Crippen LogP contribution < -0.4 is 5.32 Å². The molecule has 1 atom stereocenters. The highest BCUT2D eigenvalue weighted by Crippen LogP contribution is 2.11. The van der Waals surface area contributed by atoms with Gasteiger partial charge in [-0.3, -0.25) is 0 Å². The number of methoxy groups -OCH3 is 1. The van der Waals surface area contributed by atoms with Crippen LogP contribution >= 0.6 is 0 Å². The zero-order valence-electron chi connectivity index (χ0n) is 13.4. The largest absolute Gasteiger partial charge is 0.466 e. The molecule has 116 valence electrons. The number of carbonyl (C=O) groups excluding carboxylic acids is 2. The number of nitrogens with one attached hydrogen (secondary N) is 1. The summed E-state index contributed by atoms with van der Waals surface area (Å²) in [6.45, 7) is 9.62. The Bertz CT molecular complexity index is 342. The van der Waals surface area contributed by atoms with Gasteiger partial charge in [-0.25, -0.2) is 9.59 Å². The molecule has 0 saturated heterocycles. The Morgan fingerprint density at radius 2 is 1.85 bits per heavy atom. The molecule has 5 nitrogen and oxygen atoms in total. The van der Waals surface area contributed by atoms with E-state index in [2.05, 4.69) is 23.9 Å². The van der Waals surface area contributed by atoms with Crippen molar-refractivity contribution in [3.05, 3.63) is 12.2 Å². The van der Waals surface area contributed by atoms with Gasteiger partial charge in [0.05, 0.1) is 7.11 Å². The molecular weight excluding hydrogens is 258 g/mol. The van der Waals surface area contributed by atoms with Crippen molar-refractivity contribution in [1.29, 1.82) is 0 Å². The van der Waals surface area contributed by atoms with Gasteiger partial charge in [-0.2, -0.15) is 0 Å². The van der Waals surface area contributed by atoms with Crippen LogP contribution in [0.25, 0.3) is 0 Å². The fraction of sp³-hybridized carbons (Fsp3) is 0.733. The highest BCUT2D eigenvalue weighted by Gasteiger charge is 2.19. The summed E-state index contributed by atoms with van der Waals surface area (Å²) in [7, 11) is 1.33. The van der Waals surface area contributed by atoms with Crippen molar-refractivity contribution in [2.24, 2.45) is 5.92 Å². The van der Waals surface area contributed by atoms with Crippen LogP contribution in [-0.4, -0.2) is 30.8 Å². The van der Waals surface area contributed by atoms with Crippen LogP contribution in [0.3, 0.4) is 0 Å². The topological polar surface area (TPSA) is 64.6 Å². The fourth-order valence-corrected chi connectivity index (χ4v) is 1.65. The van der Waals surface area contributed by atoms with Gasteiger partial charge in [0, 0.05) is 12.1 Å². The first-order valence-electron chi connectivity index (χ1n) is 6.88. The average Bonchev–Trinajstić information content (AvgIpc) is 2.24. The number of rotatable bonds is 6. The lowest BCUT2D eigenvalue weighted by Crippen LogP contribution is -2.39. The molecule has 0 unspecified atom stereocenters. The summed E-state index contributed by atoms with van der Waals surface area (Å²) in [5.74, 6) is 0.0343. The number of hydrogen-bond donors (Lipinski definition) is 1. The van der Waals surface area contributed by atoms with Crippen molar-refractivity contribution in [3.63, 3.8) is 0 Å². The second kappa shape index (κ2) is 8.61. The van der Waals surface area contributed by atoms with Gasteiger partial charge in [0.15, 0.2) is 0 Å². The van der Waals surface area contributed by atoms with E-state index in [4.69, 9.17) is 4.74 Å². The SMILES string of the molecule is COC(=O)/C=C/C[C@@H](CC(C)C)NC(=O)OC(C)(C)C. The van der Waals surface area contributed by atoms with Crippen LogP contribution in [0.4, 0.5) is 4.79 Å². The summed E-state index contributed by atoms with van der Waals surface area (Å²) < 4.78 is 9.75. The number of amides is 1. The molecule has 0 heterocycles. The minimum Gasteiger partial charge on any atom is -0.466 e. The molecule has 0 aliphatic rings. The van der Waals surface area contributed by atoms with Gasteiger partial charge in [-0.05, 0) is 39.5 Å². The van der Waals surface area contributed by atoms with Crippen molar-refractivity contribution in [2.75, 3.05) is 7.11 Å². The number of ether oxygens (including phenoxy) is 2. The van der Waals surface area contributed by atoms with Crippen LogP contribution in [0.1, 0.15) is 47.5 Å². The quantitative estimate of drug-likeness (QED) is 0.602. The maximum Gasteiger partial charge on any atom is 0.407 e. The minimum atomic E-state index is -0.520. The zero-order chi connectivity index (χ0) is 15.8. The minimum absolute atomic E-state index is 0.0641. The second-order valence-electron chi connectivity index (χ2n) is 6.13. The molecule has 1 amide bonds. The van der Waals surface area contributed by atoms with E-state index in [0.717, 1.165) is 6.42 Å². The molecule has 0 fully saturated rings. The van der Waals surface area contributed by atoms with Crippen LogP contribution in [0, 0.1) is 5.92 Å². The van der Waals surface area contributed by atoms with Gasteiger partial charge in [0.25, 0.3) is 0 Å². The molecule has 0 aliphatic carbocycles. The maximum atomic E-state index is 11.8. The van der Waals surface area contributed by atoms with E-state index in [-0.39, 0.29) is 6.04 Å². The third-order valence-electron chi connectivity index (χ3n) is 2.35. The molecule has 20 heavy (non-hydrogen) atoms. The molecule has 0 aliphatic heterocycles. The van der Waals surface area contributed by atoms with E-state index in [9.17, 15) is 9.59 Å². The Hall–Kier alpha value is -1.52. The van der Waals surface area contributed by atoms with E-state index >= 15 is 0 Å². The number of esters is 1. The number of hydrogen-bond acceptors (Lipinski definition) is 4. The zero-order valence-corrected chi connectivity index (χ0v) is 13.4. The van der Waals surface area contributed by atoms with Gasteiger partial charge in [0.1, 0.15) is 5.60 Å². The van der Waals surface area contributed by atoms with Crippen molar-refractivity contribution in [3.8, 4) is 0 Å². The lowest BCUT2D eigenvalue weighted by atomic mass is 10.0. The first-order chi connectivity index (χ1) is 9.14. The smallest absolute Gasteiger partial charge is 0.407 e. The van der Waals surface area contributed by atoms with Crippen molar-refractivity contribution in [2.45, 2.75) is 59.1 Å². The first kappa shape index (κ1) is 18.5. The molecule has 5 heteroatoms. The van der Waals surface area contributed by atoms with Crippen molar-refractivity contribution >= 4 is 12.1 Å². The third kappa shape index (κ3) is 10.4. The lowest BCUT2D eigenvalue weighted by Gasteiger charge is -2.24. The van der Waals surface area contributed by atoms with Crippen molar-refractivity contribution in [1.82, 2.24) is 5.32 Å². The van der Waals surface area contributed by atoms with E-state index in [1.807, 2.05) is 20.8 Å². The lowest BCUT2D eigenvalue weighted by molar-refractivity contribution is -0.134. The monoisotopic (exact) mass is 285 g/mol. The maximum absolute atomic E-state index is 11.8. The molecule has 0 aromatic rings. The van der Waals surface area contributed by atoms with E-state index in [0.29, 0.717) is 12.3 Å². The Kier molecular flexibility index (Phi) is 7.96. The summed E-state index contributed by atoms with van der Waals surface area (Å²) in [6.07, 6.45) is 4.01. The van der Waals surface area contributed by atoms with Crippen LogP contribution in [0.5, 0.6) is 0 Å². The Morgan fingerprint density at radius 3 is 2.30 bits per heavy atom. The highest BCUT2D eigenvalue weighted by molar-refractivity contribution is 5.81. The molecule has 0 aromatic heterocycles. The summed E-state index contributed by atoms with van der Waals surface area (Å²) in [5, 5.41) is 2.83. The van der Waals surface area contributed by atoms with Gasteiger partial charge < -0.3 is 14.8 Å². The summed E-state index contributed by atoms with van der Waals surface area (Å²) >= 11 is 0. The second-order valence-corrected chi connectivity index (χ2v) is 6.13. The number of alkyl carbamates (subject to hydrolysis) is 1. The van der Waals surface area contributed by atoms with Crippen molar-refractivity contribution < 1.29 is 19.1 Å². The molecule has 1 N–H and O–H groups in total. The van der Waals surface area contributed by atoms with Gasteiger partial charge >= 0.3 is 12.1 Å². The van der Waals surface area contributed by atoms with Crippen LogP contribution in [0.15, 0.2) is 12.2 Å². The first-order valence-corrected chi connectivity index (χ1v) is 6.88. The Labute approximate surface area is 121 Å². The van der Waals surface area contributed by atoms with Crippen LogP contribution in [0.2, 0.25) is 0 Å². The molecule has 0 spiro atoms. The molecular formula is C15H27NO4. The van der Waals surface area contributed by atoms with E-state index in [1.54, 1.807) is 6.08 Å².